The van der Waals surface area contributed by atoms with Gasteiger partial charge in [-0.3, -0.25) is 4.79 Å². The van der Waals surface area contributed by atoms with Gasteiger partial charge in [0, 0.05) is 0 Å². The summed E-state index contributed by atoms with van der Waals surface area (Å²) in [5, 5.41) is 6.50. The first-order chi connectivity index (χ1) is 3.39. The van der Waals surface area contributed by atoms with Crippen molar-refractivity contribution < 1.29 is 9.53 Å². The Morgan fingerprint density at radius 2 is 2.57 bits per heavy atom. The van der Waals surface area contributed by atoms with E-state index in [0.717, 1.165) is 0 Å². The number of hydrogen-bond acceptors (Lipinski definition) is 3. The van der Waals surface area contributed by atoms with Crippen molar-refractivity contribution in [3.8, 4) is 0 Å². The van der Waals surface area contributed by atoms with Gasteiger partial charge in [0.05, 0.1) is 0 Å². The largest absolute Gasteiger partial charge is 0.347 e. The highest BCUT2D eigenvalue weighted by molar-refractivity contribution is 5.77. The van der Waals surface area contributed by atoms with Crippen molar-refractivity contribution in [1.82, 2.24) is 0 Å². The molecule has 4 heteroatoms. The fraction of sp³-hybridized carbons (Fsp3) is 0.667. The van der Waals surface area contributed by atoms with Gasteiger partial charge in [-0.15, -0.1) is 5.11 Å². The van der Waals surface area contributed by atoms with E-state index in [2.05, 4.69) is 15.0 Å². The first-order valence-electron chi connectivity index (χ1n) is 1.87. The van der Waals surface area contributed by atoms with E-state index in [1.165, 1.54) is 0 Å². The van der Waals surface area contributed by atoms with Crippen molar-refractivity contribution in [1.29, 1.82) is 0 Å². The zero-order chi connectivity index (χ0) is 5.11. The zero-order valence-corrected chi connectivity index (χ0v) is 3.63. The maximum Gasteiger partial charge on any atom is 0.289 e. The van der Waals surface area contributed by atoms with Gasteiger partial charge in [0.2, 0.25) is 0 Å². The lowest BCUT2D eigenvalue weighted by molar-refractivity contribution is -0.124. The second kappa shape index (κ2) is 1.79. The molecular weight excluding hydrogens is 96.0 g/mol. The Hall–Kier alpha value is -0.770. The summed E-state index contributed by atoms with van der Waals surface area (Å²) in [5.41, 5.74) is 0. The number of carbonyl (C=O) groups excluding carboxylic acids is 1. The van der Waals surface area contributed by atoms with Gasteiger partial charge in [-0.2, -0.15) is 5.11 Å². The number of amides is 1. The smallest absolute Gasteiger partial charge is 0.289 e. The van der Waals surface area contributed by atoms with Crippen LogP contribution in [0.25, 0.3) is 0 Å². The molecule has 0 atom stereocenters. The Balaban J connectivity index is 2.51. The monoisotopic (exact) mass is 100 g/mol. The van der Waals surface area contributed by atoms with E-state index in [-0.39, 0.29) is 19.2 Å². The Kier molecular flexibility index (Phi) is 1.12. The van der Waals surface area contributed by atoms with Crippen molar-refractivity contribution in [2.24, 2.45) is 10.2 Å². The summed E-state index contributed by atoms with van der Waals surface area (Å²) in [6.45, 7) is 0.315. The number of azo groups is 1. The second-order valence-electron chi connectivity index (χ2n) is 1.11. The average molecular weight is 100 g/mol. The molecule has 0 aromatic rings. The molecule has 0 radical (unpaired) electrons. The standard InChI is InChI=1S/C3H4N2O2/c6-3-1-7-2-4-5-3/h1-2H2. The van der Waals surface area contributed by atoms with Crippen LogP contribution >= 0.6 is 0 Å². The third kappa shape index (κ3) is 1.04. The molecule has 0 N–H and O–H groups in total. The highest BCUT2D eigenvalue weighted by Crippen LogP contribution is 1.88. The summed E-state index contributed by atoms with van der Waals surface area (Å²) >= 11 is 0. The fourth-order valence-electron chi connectivity index (χ4n) is 0.310. The highest BCUT2D eigenvalue weighted by atomic mass is 16.5. The van der Waals surface area contributed by atoms with Crippen molar-refractivity contribution >= 4 is 5.91 Å². The van der Waals surface area contributed by atoms with E-state index < -0.39 is 0 Å². The first kappa shape index (κ1) is 4.39. The summed E-state index contributed by atoms with van der Waals surface area (Å²) in [5.74, 6) is -0.300. The number of nitrogens with zero attached hydrogens (tertiary/aromatic N) is 2. The van der Waals surface area contributed by atoms with Gasteiger partial charge in [0.25, 0.3) is 5.91 Å². The molecule has 0 aromatic carbocycles. The third-order valence-corrected chi connectivity index (χ3v) is 0.557. The van der Waals surface area contributed by atoms with Gasteiger partial charge in [-0.05, 0) is 0 Å². The Morgan fingerprint density at radius 3 is 2.86 bits per heavy atom. The minimum atomic E-state index is -0.300. The van der Waals surface area contributed by atoms with Crippen LogP contribution in [0.1, 0.15) is 0 Å². The predicted molar refractivity (Wildman–Crippen MR) is 20.7 cm³/mol. The van der Waals surface area contributed by atoms with E-state index >= 15 is 0 Å². The lowest BCUT2D eigenvalue weighted by Crippen LogP contribution is -2.09. The molecule has 0 fully saturated rings. The van der Waals surface area contributed by atoms with Crippen LogP contribution in [0.2, 0.25) is 0 Å². The molecule has 0 spiro atoms. The van der Waals surface area contributed by atoms with E-state index in [9.17, 15) is 4.79 Å². The van der Waals surface area contributed by atoms with E-state index in [0.29, 0.717) is 0 Å². The minimum absolute atomic E-state index is 0.0868. The first-order valence-corrected chi connectivity index (χ1v) is 1.87. The molecule has 38 valence electrons. The highest BCUT2D eigenvalue weighted by Gasteiger charge is 2.01. The summed E-state index contributed by atoms with van der Waals surface area (Å²) in [7, 11) is 0. The molecule has 1 aliphatic rings. The summed E-state index contributed by atoms with van der Waals surface area (Å²) < 4.78 is 4.57. The van der Waals surface area contributed by atoms with Gasteiger partial charge >= 0.3 is 0 Å². The molecule has 1 heterocycles. The molecule has 1 rings (SSSR count). The Labute approximate surface area is 40.2 Å². The molecule has 1 aliphatic heterocycles. The van der Waals surface area contributed by atoms with E-state index in [1.807, 2.05) is 0 Å². The van der Waals surface area contributed by atoms with Gasteiger partial charge in [0.1, 0.15) is 6.61 Å². The van der Waals surface area contributed by atoms with Crippen LogP contribution in [0, 0.1) is 0 Å². The van der Waals surface area contributed by atoms with Crippen LogP contribution in [0.5, 0.6) is 0 Å². The van der Waals surface area contributed by atoms with E-state index in [4.69, 9.17) is 0 Å². The van der Waals surface area contributed by atoms with Crippen LogP contribution in [0.4, 0.5) is 0 Å². The zero-order valence-electron chi connectivity index (χ0n) is 3.63. The van der Waals surface area contributed by atoms with Gasteiger partial charge in [-0.1, -0.05) is 0 Å². The lowest BCUT2D eigenvalue weighted by Gasteiger charge is -1.98. The molecule has 0 unspecified atom stereocenters. The molecule has 1 amide bonds. The van der Waals surface area contributed by atoms with Crippen molar-refractivity contribution in [3.63, 3.8) is 0 Å². The van der Waals surface area contributed by atoms with Gasteiger partial charge in [0.15, 0.2) is 6.73 Å². The lowest BCUT2D eigenvalue weighted by atomic mass is 10.7. The molecule has 0 aromatic heterocycles. The topological polar surface area (TPSA) is 51.0 Å². The molecule has 0 aliphatic carbocycles. The molecule has 7 heavy (non-hydrogen) atoms. The summed E-state index contributed by atoms with van der Waals surface area (Å²) in [4.78, 5) is 10.1. The van der Waals surface area contributed by atoms with Gasteiger partial charge < -0.3 is 4.74 Å². The Morgan fingerprint density at radius 1 is 1.71 bits per heavy atom. The summed E-state index contributed by atoms with van der Waals surface area (Å²) in [6, 6.07) is 0. The summed E-state index contributed by atoms with van der Waals surface area (Å²) in [6.07, 6.45) is 0. The number of rotatable bonds is 0. The second-order valence-corrected chi connectivity index (χ2v) is 1.11. The maximum atomic E-state index is 10.1. The molecule has 0 saturated carbocycles. The molecular formula is C3H4N2O2. The van der Waals surface area contributed by atoms with Crippen LogP contribution in [0.3, 0.4) is 0 Å². The molecule has 4 nitrogen and oxygen atoms in total. The number of hydrogen-bond donors (Lipinski definition) is 0. The van der Waals surface area contributed by atoms with Crippen LogP contribution in [-0.4, -0.2) is 19.2 Å². The molecule has 0 saturated heterocycles. The van der Waals surface area contributed by atoms with Crippen LogP contribution in [0.15, 0.2) is 10.2 Å². The average Bonchev–Trinajstić information content (AvgIpc) is 1.69. The molecule has 0 bridgehead atoms. The predicted octanol–water partition coefficient (Wildman–Crippen LogP) is -0.0471. The van der Waals surface area contributed by atoms with Crippen molar-refractivity contribution in [3.05, 3.63) is 0 Å². The SMILES string of the molecule is O=C1COCN=N1. The number of carbonyl (C=O) groups is 1. The van der Waals surface area contributed by atoms with Crippen molar-refractivity contribution in [2.75, 3.05) is 13.3 Å². The minimum Gasteiger partial charge on any atom is -0.347 e. The Bertz CT molecular complexity index is 110. The maximum absolute atomic E-state index is 10.1. The van der Waals surface area contributed by atoms with Crippen LogP contribution < -0.4 is 0 Å². The number of ether oxygens (including phenoxy) is 1. The van der Waals surface area contributed by atoms with Gasteiger partial charge in [-0.25, -0.2) is 0 Å². The van der Waals surface area contributed by atoms with E-state index in [1.54, 1.807) is 0 Å². The fourth-order valence-corrected chi connectivity index (χ4v) is 0.310. The van der Waals surface area contributed by atoms with Crippen molar-refractivity contribution in [2.45, 2.75) is 0 Å². The van der Waals surface area contributed by atoms with Crippen LogP contribution in [-0.2, 0) is 9.53 Å². The third-order valence-electron chi connectivity index (χ3n) is 0.557. The normalized spacial score (nSPS) is 20.3. The quantitative estimate of drug-likeness (QED) is 0.428.